The minimum absolute atomic E-state index is 0.873. The van der Waals surface area contributed by atoms with E-state index in [-0.39, 0.29) is 0 Å². The maximum absolute atomic E-state index is 8.98. The molecule has 0 aliphatic carbocycles. The molecule has 0 saturated carbocycles. The van der Waals surface area contributed by atoms with Crippen LogP contribution in [0.4, 0.5) is 0 Å². The first kappa shape index (κ1) is 99.1. The lowest BCUT2D eigenvalue weighted by molar-refractivity contribution is -0.342. The van der Waals surface area contributed by atoms with Crippen molar-refractivity contribution in [2.24, 2.45) is 0 Å². The Balaban J connectivity index is -0.000000463. The van der Waals surface area contributed by atoms with Crippen LogP contribution in [0.2, 0.25) is 0 Å². The first-order valence-electron chi connectivity index (χ1n) is 36.5. The second kappa shape index (κ2) is 80.7. The summed E-state index contributed by atoms with van der Waals surface area (Å²) in [6.45, 7) is 18.3. The van der Waals surface area contributed by atoms with Gasteiger partial charge in [0.15, 0.2) is 0 Å². The zero-order valence-corrected chi connectivity index (χ0v) is 66.8. The predicted octanol–water partition coefficient (Wildman–Crippen LogP) is 6.62. The lowest BCUT2D eigenvalue weighted by Crippen LogP contribution is -2.43. The molecule has 0 aromatic rings. The summed E-state index contributed by atoms with van der Waals surface area (Å²) in [6.07, 6.45) is 47.3. The van der Waals surface area contributed by atoms with Crippen molar-refractivity contribution in [3.63, 3.8) is 0 Å². The molecule has 0 N–H and O–H groups in total. The minimum Gasteiger partial charge on any atom is -0.881 e. The van der Waals surface area contributed by atoms with E-state index < -0.39 is 28.5 Å². The highest BCUT2D eigenvalue weighted by Gasteiger charge is 2.27. The summed E-state index contributed by atoms with van der Waals surface area (Å²) in [6, 6.07) is 0. The fourth-order valence-electron chi connectivity index (χ4n) is 10.1. The molecule has 0 aromatic carbocycles. The molecule has 92 heavy (non-hydrogen) atoms. The van der Waals surface area contributed by atoms with E-state index in [1.54, 1.807) is 92.0 Å². The van der Waals surface area contributed by atoms with Crippen LogP contribution in [0.15, 0.2) is 0 Å². The molecule has 536 valence electrons. The fourth-order valence-corrected chi connectivity index (χ4v) is 30.4. The van der Waals surface area contributed by atoms with Crippen molar-refractivity contribution < 1.29 is 40.2 Å². The maximum atomic E-state index is 8.98. The lowest BCUT2D eigenvalue weighted by atomic mass is 9.97. The molecule has 24 heteroatoms. The summed E-state index contributed by atoms with van der Waals surface area (Å²) < 4.78 is 0. The molecule has 0 amide bonds. The zero-order chi connectivity index (χ0) is 69.4. The predicted molar refractivity (Wildman–Crippen MR) is 414 cm³/mol. The van der Waals surface area contributed by atoms with Gasteiger partial charge in [-0.05, 0) is 265 Å². The van der Waals surface area contributed by atoms with Gasteiger partial charge in [-0.15, -0.1) is 0 Å². The molecule has 0 atom stereocenters. The molecule has 0 spiro atoms. The van der Waals surface area contributed by atoms with Crippen molar-refractivity contribution in [2.75, 3.05) is 138 Å². The van der Waals surface area contributed by atoms with E-state index in [1.165, 1.54) is 251 Å². The third-order valence-corrected chi connectivity index (χ3v) is 36.4. The highest BCUT2D eigenvalue weighted by molar-refractivity contribution is 7.98. The standard InChI is InChI=1S/8C8H17S.4CBNO2/c8*1-2-3-6-9-7-4-5-8-9;4*3-1-2(4)5/h8*2-8H2,1H3;;;;/q8*+1;4*-2. The molecule has 8 fully saturated rings. The first-order chi connectivity index (χ1) is 44.5. The third kappa shape index (κ3) is 78.0. The SMILES string of the molecule is CCCC[S+]1CCCC1.CCCC[S+]1CCCC1.CCCC[S+]1CCCC1.CCCC[S+]1CCCC1.CCCC[S+]1CCCC1.CCCC[S+]1CCCC1.CCCC[S+]1CCCC1.CCCC[S+]1CCCC1.N#CB([O-])[O-].N#CB([O-])[O-].N#CB([O-])[O-].N#CB([O-])[O-]. The van der Waals surface area contributed by atoms with Crippen molar-refractivity contribution in [1.29, 1.82) is 21.0 Å². The average molecular weight is 1440 g/mol. The van der Waals surface area contributed by atoms with Crippen molar-refractivity contribution in [3.05, 3.63) is 0 Å². The van der Waals surface area contributed by atoms with Crippen LogP contribution in [0.3, 0.4) is 0 Å². The first-order valence-corrected chi connectivity index (χ1v) is 50.4. The van der Waals surface area contributed by atoms with Crippen LogP contribution in [0, 0.1) is 44.9 Å². The lowest BCUT2D eigenvalue weighted by Gasteiger charge is -2.12. The fraction of sp³-hybridized carbons (Fsp3) is 0.941. The summed E-state index contributed by atoms with van der Waals surface area (Å²) in [5, 5.41) is 101. The Bertz CT molecular complexity index is 1310. The Morgan fingerprint density at radius 3 is 0.337 bits per heavy atom. The van der Waals surface area contributed by atoms with Crippen molar-refractivity contribution in [1.82, 2.24) is 0 Å². The van der Waals surface area contributed by atoms with Crippen LogP contribution in [0.1, 0.15) is 261 Å². The van der Waals surface area contributed by atoms with Gasteiger partial charge in [0.2, 0.25) is 0 Å². The van der Waals surface area contributed by atoms with Gasteiger partial charge in [-0.2, -0.15) is 0 Å². The van der Waals surface area contributed by atoms with Crippen molar-refractivity contribution in [3.8, 4) is 23.9 Å². The molecule has 8 saturated heterocycles. The molecular formula is C68H136B4N4O8S8. The summed E-state index contributed by atoms with van der Waals surface area (Å²) >= 11 is 0. The molecule has 12 nitrogen and oxygen atoms in total. The van der Waals surface area contributed by atoms with E-state index in [2.05, 4.69) is 55.4 Å². The Labute approximate surface area is 594 Å². The van der Waals surface area contributed by atoms with E-state index in [9.17, 15) is 0 Å². The van der Waals surface area contributed by atoms with Gasteiger partial charge in [0, 0.05) is 28.5 Å². The highest BCUT2D eigenvalue weighted by atomic mass is 32.2. The van der Waals surface area contributed by atoms with Crippen LogP contribution in [-0.2, 0) is 87.2 Å². The highest BCUT2D eigenvalue weighted by Crippen LogP contribution is 2.20. The Kier molecular flexibility index (Phi) is 86.9. The van der Waals surface area contributed by atoms with E-state index >= 15 is 0 Å². The Morgan fingerprint density at radius 1 is 0.207 bits per heavy atom. The number of hydrogen-bond acceptors (Lipinski definition) is 12. The number of nitrogens with zero attached hydrogens (tertiary/aromatic N) is 4. The van der Waals surface area contributed by atoms with Crippen LogP contribution in [0.25, 0.3) is 0 Å². The normalized spacial score (nSPS) is 17.7. The average Bonchev–Trinajstić information content (AvgIpc) is 4.51. The Hall–Kier alpha value is 0.700. The second-order valence-corrected chi connectivity index (χ2v) is 43.7. The van der Waals surface area contributed by atoms with E-state index in [0.717, 1.165) is 111 Å². The summed E-state index contributed by atoms with van der Waals surface area (Å²) in [7, 11) is -2.26. The minimum atomic E-state index is -2.31. The van der Waals surface area contributed by atoms with Gasteiger partial charge in [0.05, 0.1) is 0 Å². The number of unbranched alkanes of at least 4 members (excludes halogenated alkanes) is 8. The monoisotopic (exact) mass is 1440 g/mol. The topological polar surface area (TPSA) is 280 Å². The smallest absolute Gasteiger partial charge is 0.108 e. The molecule has 8 aliphatic heterocycles. The van der Waals surface area contributed by atoms with Gasteiger partial charge >= 0.3 is 0 Å². The van der Waals surface area contributed by atoms with E-state index in [4.69, 9.17) is 61.2 Å². The maximum Gasteiger partial charge on any atom is 0.108 e. The van der Waals surface area contributed by atoms with Crippen molar-refractivity contribution >= 4 is 116 Å². The number of hydrogen-bond donors (Lipinski definition) is 0. The van der Waals surface area contributed by atoms with Gasteiger partial charge in [-0.25, -0.2) is 21.0 Å². The van der Waals surface area contributed by atoms with Crippen LogP contribution in [-0.4, -0.2) is 167 Å². The number of nitriles is 4. The van der Waals surface area contributed by atoms with Gasteiger partial charge in [-0.3, -0.25) is 0 Å². The third-order valence-electron chi connectivity index (χ3n) is 15.6. The van der Waals surface area contributed by atoms with Crippen LogP contribution >= 0.6 is 0 Å². The summed E-state index contributed by atoms with van der Waals surface area (Å²) in [5.74, 6) is 40.9. The molecule has 8 heterocycles. The summed E-state index contributed by atoms with van der Waals surface area (Å²) in [5.41, 5.74) is 0. The summed E-state index contributed by atoms with van der Waals surface area (Å²) in [4.78, 5) is 0. The second-order valence-electron chi connectivity index (χ2n) is 24.1. The molecule has 8 rings (SSSR count). The molecule has 0 radical (unpaired) electrons. The Morgan fingerprint density at radius 2 is 0.283 bits per heavy atom. The van der Waals surface area contributed by atoms with Gasteiger partial charge in [0.25, 0.3) is 0 Å². The van der Waals surface area contributed by atoms with E-state index in [1.807, 2.05) is 0 Å². The van der Waals surface area contributed by atoms with Crippen LogP contribution in [0.5, 0.6) is 0 Å². The van der Waals surface area contributed by atoms with Crippen molar-refractivity contribution in [2.45, 2.75) is 261 Å². The van der Waals surface area contributed by atoms with Gasteiger partial charge in [0.1, 0.15) is 138 Å². The molecular weight excluding hydrogens is 1300 g/mol. The molecule has 0 bridgehead atoms. The zero-order valence-electron chi connectivity index (χ0n) is 60.2. The van der Waals surface area contributed by atoms with Crippen LogP contribution < -0.4 is 40.2 Å². The van der Waals surface area contributed by atoms with E-state index in [0.29, 0.717) is 0 Å². The number of rotatable bonds is 24. The van der Waals surface area contributed by atoms with Gasteiger partial charge in [-0.1, -0.05) is 107 Å². The quantitative estimate of drug-likeness (QED) is 0.0728. The largest absolute Gasteiger partial charge is 0.881 e. The molecule has 0 aromatic heterocycles. The van der Waals surface area contributed by atoms with Gasteiger partial charge < -0.3 is 40.2 Å². The molecule has 8 aliphatic rings. The molecule has 0 unspecified atom stereocenters.